The number of thiazole rings is 1. The third kappa shape index (κ3) is 5.57. The first-order valence-corrected chi connectivity index (χ1v) is 14.8. The van der Waals surface area contributed by atoms with E-state index in [1.807, 2.05) is 7.05 Å². The van der Waals surface area contributed by atoms with Gasteiger partial charge in [-0.25, -0.2) is 14.6 Å². The normalized spacial score (nSPS) is 21.1. The van der Waals surface area contributed by atoms with Gasteiger partial charge < -0.3 is 40.8 Å². The summed E-state index contributed by atoms with van der Waals surface area (Å²) in [5.74, 6) is -4.29. The number of nitrogens with zero attached hydrogens (tertiary/aromatic N) is 4. The second kappa shape index (κ2) is 10.7. The maximum Gasteiger partial charge on any atom is 0.352 e. The number of hydrogen-bond acceptors (Lipinski definition) is 12. The van der Waals surface area contributed by atoms with Gasteiger partial charge in [-0.3, -0.25) is 14.5 Å². The molecule has 0 bridgehead atoms. The quantitative estimate of drug-likeness (QED) is 0.0735. The fraction of sp³-hybridized carbons (Fsp3) is 0.385. The predicted octanol–water partition coefficient (Wildman–Crippen LogP) is 0.619. The first kappa shape index (κ1) is 30.1. The fourth-order valence-electron chi connectivity index (χ4n) is 5.22. The summed E-state index contributed by atoms with van der Waals surface area (Å²) in [6, 6.07) is 1.92. The lowest BCUT2D eigenvalue weighted by molar-refractivity contribution is -0.924. The van der Waals surface area contributed by atoms with E-state index in [4.69, 9.17) is 10.6 Å². The Hall–Kier alpha value is -4.35. The molecule has 0 saturated carbocycles. The molecule has 3 aliphatic heterocycles. The zero-order chi connectivity index (χ0) is 31.4. The molecule has 0 radical (unpaired) electrons. The molecule has 1 aromatic carbocycles. The number of phenolic OH excluding ortho intramolecular Hbond substituents is 2. The van der Waals surface area contributed by atoms with Gasteiger partial charge in [0, 0.05) is 27.8 Å². The van der Waals surface area contributed by atoms with Crippen LogP contribution in [0.3, 0.4) is 0 Å². The number of aliphatic carboxylic acids is 2. The van der Waals surface area contributed by atoms with Gasteiger partial charge in [0.2, 0.25) is 5.60 Å². The maximum absolute atomic E-state index is 13.3. The molecule has 15 nitrogen and oxygen atoms in total. The van der Waals surface area contributed by atoms with Crippen molar-refractivity contribution in [3.63, 3.8) is 0 Å². The molecule has 43 heavy (non-hydrogen) atoms. The van der Waals surface area contributed by atoms with E-state index >= 15 is 0 Å². The van der Waals surface area contributed by atoms with E-state index in [0.717, 1.165) is 27.4 Å². The highest BCUT2D eigenvalue weighted by Crippen LogP contribution is 2.43. The number of fused-ring (bicyclic) bond motifs is 2. The number of quaternary nitrogens is 1. The Morgan fingerprint density at radius 2 is 1.84 bits per heavy atom. The Kier molecular flexibility index (Phi) is 7.52. The number of phenols is 2. The number of likely N-dealkylation sites (N-methyl/N-ethyl adjacent to an activating group) is 1. The molecule has 1 saturated heterocycles. The summed E-state index contributed by atoms with van der Waals surface area (Å²) in [6.07, 6.45) is 0. The van der Waals surface area contributed by atoms with Crippen LogP contribution in [-0.4, -0.2) is 101 Å². The fourth-order valence-corrected chi connectivity index (χ4v) is 7.11. The number of carboxylic acids is 2. The number of nitrogen functional groups attached to an aromatic ring is 1. The number of anilines is 1. The SMILES string of the molecule is CC(C)(O/N=C(/C(=O)N[C@H]1C(=O)N2C(C(=O)O)=C(C[N+]3(C)Cc4cc(O)c(O)cc4C3)CS[C@@H]12)c1csc(N)n1)C(=O)O. The van der Waals surface area contributed by atoms with E-state index in [0.29, 0.717) is 29.7 Å². The molecule has 1 fully saturated rings. The van der Waals surface area contributed by atoms with Crippen molar-refractivity contribution in [2.75, 3.05) is 25.1 Å². The Balaban J connectivity index is 1.35. The maximum atomic E-state index is 13.3. The van der Waals surface area contributed by atoms with Gasteiger partial charge in [-0.05, 0) is 26.0 Å². The van der Waals surface area contributed by atoms with Crippen LogP contribution in [0.15, 0.2) is 33.9 Å². The van der Waals surface area contributed by atoms with E-state index in [1.165, 1.54) is 43.1 Å². The summed E-state index contributed by atoms with van der Waals surface area (Å²) in [7, 11) is 1.93. The molecule has 0 aliphatic carbocycles. The Bertz CT molecular complexity index is 1590. The van der Waals surface area contributed by atoms with Crippen LogP contribution >= 0.6 is 23.1 Å². The lowest BCUT2D eigenvalue weighted by Gasteiger charge is -2.49. The molecule has 1 aromatic heterocycles. The van der Waals surface area contributed by atoms with Crippen molar-refractivity contribution in [2.45, 2.75) is 44.0 Å². The molecule has 4 heterocycles. The Morgan fingerprint density at radius 1 is 1.21 bits per heavy atom. The minimum absolute atomic E-state index is 0.0136. The van der Waals surface area contributed by atoms with Gasteiger partial charge in [-0.15, -0.1) is 23.1 Å². The standard InChI is InChI=1S/C26H28N6O9S2/c1-26(2,24(39)40)41-30-17(14-10-43-25(27)28-14)20(35)29-18-21(36)31-19(23(37)38)13(9-42-22(18)31)8-32(3)6-11-4-15(33)16(34)5-12(11)7-32/h4-5,10,18,22H,6-9H2,1-3H3,(H6-,27,28,29,30,33,34,35,37,38,39,40)/p+1/t18-,22-/m0/s1. The smallest absolute Gasteiger partial charge is 0.352 e. The third-order valence-electron chi connectivity index (χ3n) is 7.37. The van der Waals surface area contributed by atoms with Gasteiger partial charge in [-0.1, -0.05) is 5.16 Å². The summed E-state index contributed by atoms with van der Waals surface area (Å²) in [6.45, 7) is 3.76. The summed E-state index contributed by atoms with van der Waals surface area (Å²) in [5.41, 5.74) is 5.62. The summed E-state index contributed by atoms with van der Waals surface area (Å²) < 4.78 is 0.376. The number of thioether (sulfide) groups is 1. The van der Waals surface area contributed by atoms with E-state index in [2.05, 4.69) is 15.5 Å². The van der Waals surface area contributed by atoms with Crippen molar-refractivity contribution in [1.29, 1.82) is 0 Å². The number of nitrogens with one attached hydrogen (secondary N) is 1. The lowest BCUT2D eigenvalue weighted by Crippen LogP contribution is -2.71. The highest BCUT2D eigenvalue weighted by Gasteiger charge is 2.55. The molecule has 2 atom stereocenters. The average Bonchev–Trinajstić information content (AvgIpc) is 3.48. The molecular formula is C26H29N6O9S2+. The number of carbonyl (C=O) groups excluding carboxylic acids is 2. The van der Waals surface area contributed by atoms with E-state index in [-0.39, 0.29) is 33.8 Å². The Morgan fingerprint density at radius 3 is 2.37 bits per heavy atom. The Labute approximate surface area is 252 Å². The van der Waals surface area contributed by atoms with E-state index < -0.39 is 46.5 Å². The molecule has 17 heteroatoms. The topological polar surface area (TPSA) is 225 Å². The number of oxime groups is 1. The monoisotopic (exact) mass is 633 g/mol. The van der Waals surface area contributed by atoms with Gasteiger partial charge in [0.1, 0.15) is 42.4 Å². The highest BCUT2D eigenvalue weighted by atomic mass is 32.2. The van der Waals surface area contributed by atoms with Crippen LogP contribution in [0.1, 0.15) is 30.7 Å². The van der Waals surface area contributed by atoms with Crippen LogP contribution in [-0.2, 0) is 37.1 Å². The molecule has 3 aliphatic rings. The van der Waals surface area contributed by atoms with Crippen molar-refractivity contribution in [2.24, 2.45) is 5.16 Å². The number of carbonyl (C=O) groups is 4. The van der Waals surface area contributed by atoms with Gasteiger partial charge in [0.25, 0.3) is 11.8 Å². The third-order valence-corrected chi connectivity index (χ3v) is 9.38. The summed E-state index contributed by atoms with van der Waals surface area (Å²) >= 11 is 2.31. The minimum atomic E-state index is -1.77. The number of benzene rings is 1. The zero-order valence-corrected chi connectivity index (χ0v) is 24.9. The zero-order valence-electron chi connectivity index (χ0n) is 23.2. The first-order chi connectivity index (χ1) is 20.1. The molecule has 228 valence electrons. The summed E-state index contributed by atoms with van der Waals surface area (Å²) in [4.78, 5) is 60.7. The molecule has 2 amide bonds. The van der Waals surface area contributed by atoms with Crippen LogP contribution in [0.4, 0.5) is 5.13 Å². The van der Waals surface area contributed by atoms with Crippen LogP contribution < -0.4 is 11.1 Å². The number of aromatic nitrogens is 1. The largest absolute Gasteiger partial charge is 0.504 e. The van der Waals surface area contributed by atoms with Crippen LogP contribution in [0.5, 0.6) is 11.5 Å². The van der Waals surface area contributed by atoms with Gasteiger partial charge in [0.05, 0.1) is 7.05 Å². The molecule has 2 aromatic rings. The van der Waals surface area contributed by atoms with Crippen LogP contribution in [0, 0.1) is 0 Å². The van der Waals surface area contributed by atoms with E-state index in [1.54, 1.807) is 0 Å². The highest BCUT2D eigenvalue weighted by molar-refractivity contribution is 8.00. The van der Waals surface area contributed by atoms with Crippen molar-refractivity contribution >= 4 is 57.7 Å². The predicted molar refractivity (Wildman–Crippen MR) is 154 cm³/mol. The van der Waals surface area contributed by atoms with Crippen LogP contribution in [0.2, 0.25) is 0 Å². The van der Waals surface area contributed by atoms with Crippen molar-refractivity contribution < 1.29 is 48.9 Å². The average molecular weight is 634 g/mol. The molecule has 0 spiro atoms. The minimum Gasteiger partial charge on any atom is -0.504 e. The number of β-lactam (4-membered cyclic amide) rings is 1. The van der Waals surface area contributed by atoms with Crippen LogP contribution in [0.25, 0.3) is 0 Å². The second-order valence-electron chi connectivity index (χ2n) is 11.2. The number of rotatable bonds is 9. The van der Waals surface area contributed by atoms with Gasteiger partial charge in [-0.2, -0.15) is 0 Å². The van der Waals surface area contributed by atoms with Gasteiger partial charge in [0.15, 0.2) is 22.3 Å². The number of amides is 2. The van der Waals surface area contributed by atoms with Crippen molar-refractivity contribution in [1.82, 2.24) is 15.2 Å². The summed E-state index contributed by atoms with van der Waals surface area (Å²) in [5, 5.41) is 46.4. The first-order valence-electron chi connectivity index (χ1n) is 12.9. The van der Waals surface area contributed by atoms with Crippen molar-refractivity contribution in [3.05, 3.63) is 45.6 Å². The van der Waals surface area contributed by atoms with Crippen molar-refractivity contribution in [3.8, 4) is 11.5 Å². The molecular weight excluding hydrogens is 604 g/mol. The van der Waals surface area contributed by atoms with E-state index in [9.17, 15) is 39.6 Å². The molecule has 0 unspecified atom stereocenters. The number of hydrogen-bond donors (Lipinski definition) is 6. The number of nitrogens with two attached hydrogens (primary N) is 1. The lowest BCUT2D eigenvalue weighted by atomic mass is 10.0. The molecule has 5 rings (SSSR count). The number of aromatic hydroxyl groups is 2. The second-order valence-corrected chi connectivity index (χ2v) is 13.2. The number of carboxylic acid groups (broad SMARTS) is 2. The van der Waals surface area contributed by atoms with Gasteiger partial charge >= 0.3 is 11.9 Å². The molecule has 7 N–H and O–H groups in total.